The maximum Gasteiger partial charge on any atom is 0.0176 e. The molecule has 0 saturated carbocycles. The van der Waals surface area contributed by atoms with Crippen molar-refractivity contribution in [1.29, 1.82) is 0 Å². The fourth-order valence-corrected chi connectivity index (χ4v) is 2.15. The van der Waals surface area contributed by atoms with Gasteiger partial charge in [0.1, 0.15) is 0 Å². The van der Waals surface area contributed by atoms with E-state index in [1.165, 1.54) is 4.90 Å². The zero-order chi connectivity index (χ0) is 10.4. The first-order valence-electron chi connectivity index (χ1n) is 4.47. The van der Waals surface area contributed by atoms with Gasteiger partial charge in [0.2, 0.25) is 0 Å². The summed E-state index contributed by atoms with van der Waals surface area (Å²) < 4.78 is 1.11. The number of benzene rings is 1. The Morgan fingerprint density at radius 2 is 2.07 bits per heavy atom. The third kappa shape index (κ3) is 4.31. The van der Waals surface area contributed by atoms with Crippen LogP contribution in [0.1, 0.15) is 6.42 Å². The van der Waals surface area contributed by atoms with Gasteiger partial charge in [-0.3, -0.25) is 0 Å². The summed E-state index contributed by atoms with van der Waals surface area (Å²) in [6.07, 6.45) is 2.75. The van der Waals surface area contributed by atoms with Crippen molar-refractivity contribution >= 4 is 27.7 Å². The van der Waals surface area contributed by atoms with Crippen LogP contribution >= 0.6 is 27.7 Å². The number of hydrogen-bond acceptors (Lipinski definition) is 2. The topological polar surface area (TPSA) is 26.0 Å². The molecule has 0 aliphatic rings. The van der Waals surface area contributed by atoms with E-state index in [4.69, 9.17) is 5.73 Å². The zero-order valence-electron chi connectivity index (χ0n) is 7.95. The van der Waals surface area contributed by atoms with Gasteiger partial charge in [0.25, 0.3) is 0 Å². The smallest absolute Gasteiger partial charge is 0.0176 e. The van der Waals surface area contributed by atoms with Gasteiger partial charge in [0.15, 0.2) is 0 Å². The van der Waals surface area contributed by atoms with Crippen LogP contribution in [-0.2, 0) is 0 Å². The van der Waals surface area contributed by atoms with E-state index in [1.54, 1.807) is 11.8 Å². The van der Waals surface area contributed by atoms with E-state index in [9.17, 15) is 0 Å². The standard InChI is InChI=1S/C11H14BrNS/c1-2-3-10(13)8-14-11-6-4-9(12)5-7-11/h2,4-7,10H,1,3,8,13H2. The summed E-state index contributed by atoms with van der Waals surface area (Å²) in [4.78, 5) is 1.26. The molecule has 0 fully saturated rings. The highest BCUT2D eigenvalue weighted by Crippen LogP contribution is 2.21. The second kappa shape index (κ2) is 6.27. The third-order valence-electron chi connectivity index (χ3n) is 1.75. The minimum absolute atomic E-state index is 0.209. The van der Waals surface area contributed by atoms with Crippen LogP contribution in [-0.4, -0.2) is 11.8 Å². The molecule has 2 N–H and O–H groups in total. The molecule has 0 heterocycles. The zero-order valence-corrected chi connectivity index (χ0v) is 10.4. The highest BCUT2D eigenvalue weighted by Gasteiger charge is 2.00. The molecular weight excluding hydrogens is 258 g/mol. The number of rotatable bonds is 5. The Morgan fingerprint density at radius 3 is 2.64 bits per heavy atom. The van der Waals surface area contributed by atoms with Gasteiger partial charge >= 0.3 is 0 Å². The minimum atomic E-state index is 0.209. The van der Waals surface area contributed by atoms with Crippen LogP contribution in [0, 0.1) is 0 Å². The monoisotopic (exact) mass is 271 g/mol. The molecule has 1 aromatic rings. The van der Waals surface area contributed by atoms with Crippen LogP contribution in [0.15, 0.2) is 46.3 Å². The molecule has 3 heteroatoms. The molecule has 1 nitrogen and oxygen atoms in total. The Balaban J connectivity index is 2.37. The third-order valence-corrected chi connectivity index (χ3v) is 3.48. The Hall–Kier alpha value is -0.250. The average molecular weight is 272 g/mol. The molecule has 0 amide bonds. The summed E-state index contributed by atoms with van der Waals surface area (Å²) in [6.45, 7) is 3.67. The average Bonchev–Trinajstić information content (AvgIpc) is 2.17. The lowest BCUT2D eigenvalue weighted by Gasteiger charge is -2.08. The minimum Gasteiger partial charge on any atom is -0.327 e. The van der Waals surface area contributed by atoms with Crippen molar-refractivity contribution in [2.45, 2.75) is 17.4 Å². The number of hydrogen-bond donors (Lipinski definition) is 1. The van der Waals surface area contributed by atoms with Crippen LogP contribution in [0.2, 0.25) is 0 Å². The Morgan fingerprint density at radius 1 is 1.43 bits per heavy atom. The van der Waals surface area contributed by atoms with E-state index >= 15 is 0 Å². The molecule has 0 aromatic heterocycles. The summed E-state index contributed by atoms with van der Waals surface area (Å²) in [6, 6.07) is 8.48. The highest BCUT2D eigenvalue weighted by atomic mass is 79.9. The molecule has 76 valence electrons. The SMILES string of the molecule is C=CCC(N)CSc1ccc(Br)cc1. The first kappa shape index (κ1) is 11.8. The molecule has 1 aromatic carbocycles. The quantitative estimate of drug-likeness (QED) is 0.656. The molecule has 0 radical (unpaired) electrons. The second-order valence-electron chi connectivity index (χ2n) is 3.05. The van der Waals surface area contributed by atoms with Gasteiger partial charge in [0, 0.05) is 21.2 Å². The first-order valence-corrected chi connectivity index (χ1v) is 6.25. The van der Waals surface area contributed by atoms with Crippen molar-refractivity contribution < 1.29 is 0 Å². The Labute approximate surface area is 97.9 Å². The van der Waals surface area contributed by atoms with Crippen LogP contribution in [0.25, 0.3) is 0 Å². The predicted octanol–water partition coefficient (Wildman–Crippen LogP) is 3.44. The van der Waals surface area contributed by atoms with Crippen molar-refractivity contribution in [2.24, 2.45) is 5.73 Å². The lowest BCUT2D eigenvalue weighted by molar-refractivity contribution is 0.769. The normalized spacial score (nSPS) is 12.4. The molecule has 0 saturated heterocycles. The van der Waals surface area contributed by atoms with E-state index in [2.05, 4.69) is 34.6 Å². The van der Waals surface area contributed by atoms with Gasteiger partial charge < -0.3 is 5.73 Å². The molecule has 0 aliphatic heterocycles. The van der Waals surface area contributed by atoms with E-state index in [0.717, 1.165) is 16.6 Å². The Bertz CT molecular complexity index is 284. The maximum absolute atomic E-state index is 5.86. The van der Waals surface area contributed by atoms with Gasteiger partial charge in [-0.25, -0.2) is 0 Å². The van der Waals surface area contributed by atoms with Gasteiger partial charge in [-0.05, 0) is 30.7 Å². The molecular formula is C11H14BrNS. The molecule has 0 spiro atoms. The van der Waals surface area contributed by atoms with Gasteiger partial charge in [-0.2, -0.15) is 0 Å². The summed E-state index contributed by atoms with van der Waals surface area (Å²) in [5, 5.41) is 0. The first-order chi connectivity index (χ1) is 6.72. The van der Waals surface area contributed by atoms with Crippen molar-refractivity contribution in [3.8, 4) is 0 Å². The summed E-state index contributed by atoms with van der Waals surface area (Å²) in [7, 11) is 0. The van der Waals surface area contributed by atoms with E-state index in [0.29, 0.717) is 0 Å². The lowest BCUT2D eigenvalue weighted by Crippen LogP contribution is -2.21. The van der Waals surface area contributed by atoms with E-state index < -0.39 is 0 Å². The molecule has 0 bridgehead atoms. The van der Waals surface area contributed by atoms with Crippen LogP contribution < -0.4 is 5.73 Å². The molecule has 1 atom stereocenters. The number of thioether (sulfide) groups is 1. The van der Waals surface area contributed by atoms with Gasteiger partial charge in [-0.1, -0.05) is 22.0 Å². The predicted molar refractivity (Wildman–Crippen MR) is 67.7 cm³/mol. The second-order valence-corrected chi connectivity index (χ2v) is 5.06. The van der Waals surface area contributed by atoms with Gasteiger partial charge in [-0.15, -0.1) is 18.3 Å². The summed E-state index contributed by atoms with van der Waals surface area (Å²) in [5.41, 5.74) is 5.86. The largest absolute Gasteiger partial charge is 0.327 e. The van der Waals surface area contributed by atoms with Crippen molar-refractivity contribution in [1.82, 2.24) is 0 Å². The molecule has 1 unspecified atom stereocenters. The van der Waals surface area contributed by atoms with Crippen molar-refractivity contribution in [3.05, 3.63) is 41.4 Å². The fraction of sp³-hybridized carbons (Fsp3) is 0.273. The number of halogens is 1. The van der Waals surface area contributed by atoms with Crippen molar-refractivity contribution in [2.75, 3.05) is 5.75 Å². The van der Waals surface area contributed by atoms with Crippen LogP contribution in [0.4, 0.5) is 0 Å². The fourth-order valence-electron chi connectivity index (χ4n) is 1.02. The number of nitrogens with two attached hydrogens (primary N) is 1. The highest BCUT2D eigenvalue weighted by molar-refractivity contribution is 9.10. The van der Waals surface area contributed by atoms with Crippen LogP contribution in [0.5, 0.6) is 0 Å². The van der Waals surface area contributed by atoms with Crippen molar-refractivity contribution in [3.63, 3.8) is 0 Å². The summed E-state index contributed by atoms with van der Waals surface area (Å²) >= 11 is 5.19. The summed E-state index contributed by atoms with van der Waals surface area (Å²) in [5.74, 6) is 0.938. The maximum atomic E-state index is 5.86. The molecule has 1 rings (SSSR count). The van der Waals surface area contributed by atoms with Crippen LogP contribution in [0.3, 0.4) is 0 Å². The van der Waals surface area contributed by atoms with E-state index in [-0.39, 0.29) is 6.04 Å². The van der Waals surface area contributed by atoms with Gasteiger partial charge in [0.05, 0.1) is 0 Å². The lowest BCUT2D eigenvalue weighted by atomic mass is 10.2. The van der Waals surface area contributed by atoms with E-state index in [1.807, 2.05) is 18.2 Å². The molecule has 0 aliphatic carbocycles. The Kier molecular flexibility index (Phi) is 5.30. The molecule has 14 heavy (non-hydrogen) atoms.